The maximum atomic E-state index is 9.95. The molecule has 0 amide bonds. The van der Waals surface area contributed by atoms with Crippen molar-refractivity contribution in [2.45, 2.75) is 19.1 Å². The molecule has 0 nitrogen and oxygen atoms in total. The first-order valence-electron chi connectivity index (χ1n) is 25.5. The van der Waals surface area contributed by atoms with Gasteiger partial charge in [0, 0.05) is 13.6 Å². The summed E-state index contributed by atoms with van der Waals surface area (Å²) in [7, 11) is 0. The maximum Gasteiger partial charge on any atom is 0.0636 e. The molecule has 0 bridgehead atoms. The molecule has 0 heterocycles. The molecular weight excluding hydrogens is 637 g/mol. The van der Waals surface area contributed by atoms with Crippen molar-refractivity contribution in [2.75, 3.05) is 0 Å². The van der Waals surface area contributed by atoms with Gasteiger partial charge in [-0.2, -0.15) is 0 Å². The molecule has 53 heavy (non-hydrogen) atoms. The van der Waals surface area contributed by atoms with Gasteiger partial charge in [0.25, 0.3) is 0 Å². The predicted molar refractivity (Wildman–Crippen MR) is 228 cm³/mol. The highest BCUT2D eigenvalue weighted by Crippen LogP contribution is 2.51. The van der Waals surface area contributed by atoms with E-state index in [1.807, 2.05) is 91.0 Å². The third-order valence-electron chi connectivity index (χ3n) is 11.1. The first kappa shape index (κ1) is 17.8. The Morgan fingerprint density at radius 1 is 0.377 bits per heavy atom. The third-order valence-corrected chi connectivity index (χ3v) is 11.1. The van der Waals surface area contributed by atoms with E-state index in [2.05, 4.69) is 0 Å². The van der Waals surface area contributed by atoms with Crippen LogP contribution in [0.5, 0.6) is 0 Å². The minimum Gasteiger partial charge on any atom is -0.0610 e. The van der Waals surface area contributed by atoms with Gasteiger partial charge >= 0.3 is 0 Å². The molecule has 246 valence electrons. The number of fused-ring (bicyclic) bond motifs is 3. The fourth-order valence-corrected chi connectivity index (χ4v) is 8.64. The molecule has 0 spiro atoms. The lowest BCUT2D eigenvalue weighted by molar-refractivity contribution is 0.661. The smallest absolute Gasteiger partial charge is 0.0610 e. The highest BCUT2D eigenvalue weighted by Gasteiger charge is 2.36. The summed E-state index contributed by atoms with van der Waals surface area (Å²) < 4.78 is 151. The summed E-state index contributed by atoms with van der Waals surface area (Å²) in [5, 5.41) is 10.1. The fraction of sp³-hybridized carbons (Fsp3) is 0.0566. The first-order chi connectivity index (χ1) is 32.7. The summed E-state index contributed by atoms with van der Waals surface area (Å²) in [6.45, 7) is -7.31. The molecule has 1 aliphatic carbocycles. The van der Waals surface area contributed by atoms with E-state index < -0.39 is 113 Å². The Kier molecular flexibility index (Phi) is 3.47. The van der Waals surface area contributed by atoms with Gasteiger partial charge in [-0.05, 0) is 138 Å². The van der Waals surface area contributed by atoms with Crippen LogP contribution in [0.4, 0.5) is 0 Å². The second-order valence-corrected chi connectivity index (χ2v) is 13.9. The van der Waals surface area contributed by atoms with Crippen molar-refractivity contribution in [3.8, 4) is 44.5 Å². The minimum absolute atomic E-state index is 0.130. The molecule has 0 atom stereocenters. The van der Waals surface area contributed by atoms with Crippen LogP contribution in [-0.4, -0.2) is 0 Å². The van der Waals surface area contributed by atoms with E-state index in [1.165, 1.54) is 0 Å². The Labute approximate surface area is 330 Å². The largest absolute Gasteiger partial charge is 0.0636 e. The Hall–Kier alpha value is -6.50. The van der Waals surface area contributed by atoms with Crippen LogP contribution in [0, 0.1) is 0 Å². The van der Waals surface area contributed by atoms with Crippen molar-refractivity contribution < 1.29 is 21.9 Å². The predicted octanol–water partition coefficient (Wildman–Crippen LogP) is 14.8. The standard InChI is InChI=1S/C53H34/c1-53(2)47-29-38(37-10-5-11-39(28-37)41-22-16-35-14-12-31-6-3-8-33-18-26-45(41)51(35)49(31)33)20-24-43(47)44-25-21-40(30-48(44)53)42-23-17-36-15-13-32-7-4-9-34-19-27-46(42)52(36)50(32)34/h3-30H,1-2H3/i1D3,2D3,5D,10D,11D,20D,21D,24D,25D,28D,29D,30D. The molecule has 1 aliphatic rings. The van der Waals surface area contributed by atoms with Crippen LogP contribution in [-0.2, 0) is 5.41 Å². The summed E-state index contributed by atoms with van der Waals surface area (Å²) in [4.78, 5) is 0. The SMILES string of the molecule is [2H]c1c([2H])c(-c2c([2H])c([2H])c3c(c2[2H])C(C([2H])([2H])[2H])(C([2H])([2H])[2H])c2c([2H])c(-c4ccc5ccc6cccc7ccc4c5c67)c([2H])c([2H])c2-3)c([2H])c(-c2ccc3ccc4cccc5ccc2c3c45)c1[2H]. The quantitative estimate of drug-likeness (QED) is 0.162. The van der Waals surface area contributed by atoms with E-state index >= 15 is 0 Å². The van der Waals surface area contributed by atoms with E-state index in [-0.39, 0.29) is 16.7 Å². The molecule has 0 fully saturated rings. The van der Waals surface area contributed by atoms with Gasteiger partial charge in [0.2, 0.25) is 0 Å². The zero-order valence-electron chi connectivity index (χ0n) is 43.9. The Morgan fingerprint density at radius 3 is 1.34 bits per heavy atom. The summed E-state index contributed by atoms with van der Waals surface area (Å²) >= 11 is 0. The van der Waals surface area contributed by atoms with Crippen molar-refractivity contribution in [3.63, 3.8) is 0 Å². The summed E-state index contributed by atoms with van der Waals surface area (Å²) in [6, 6.07) is 26.8. The van der Waals surface area contributed by atoms with Gasteiger partial charge in [-0.25, -0.2) is 0 Å². The highest BCUT2D eigenvalue weighted by molar-refractivity contribution is 6.26. The molecule has 11 aromatic rings. The van der Waals surface area contributed by atoms with Crippen molar-refractivity contribution >= 4 is 64.6 Å². The van der Waals surface area contributed by atoms with E-state index in [4.69, 9.17) is 1.37 Å². The van der Waals surface area contributed by atoms with Crippen LogP contribution in [0.25, 0.3) is 109 Å². The molecule has 0 N–H and O–H groups in total. The van der Waals surface area contributed by atoms with Crippen LogP contribution in [0.3, 0.4) is 0 Å². The second-order valence-electron chi connectivity index (χ2n) is 13.9. The normalized spacial score (nSPS) is 18.4. The van der Waals surface area contributed by atoms with Crippen LogP contribution in [0.15, 0.2) is 170 Å². The second kappa shape index (κ2) is 10.3. The molecule has 0 aliphatic heterocycles. The van der Waals surface area contributed by atoms with Gasteiger partial charge < -0.3 is 0 Å². The molecule has 12 rings (SSSR count). The van der Waals surface area contributed by atoms with Crippen LogP contribution < -0.4 is 0 Å². The molecule has 0 aromatic heterocycles. The third kappa shape index (κ3) is 3.96. The zero-order valence-corrected chi connectivity index (χ0v) is 27.9. The van der Waals surface area contributed by atoms with Crippen LogP contribution in [0.1, 0.15) is 46.8 Å². The van der Waals surface area contributed by atoms with E-state index in [0.29, 0.717) is 16.3 Å². The van der Waals surface area contributed by atoms with Crippen LogP contribution in [0.2, 0.25) is 0 Å². The van der Waals surface area contributed by atoms with Crippen molar-refractivity contribution in [3.05, 3.63) is 181 Å². The monoisotopic (exact) mass is 686 g/mol. The average molecular weight is 687 g/mol. The van der Waals surface area contributed by atoms with Crippen molar-refractivity contribution in [2.24, 2.45) is 0 Å². The lowest BCUT2D eigenvalue weighted by atomic mass is 9.80. The Balaban J connectivity index is 1.17. The number of rotatable bonds is 3. The molecule has 0 saturated carbocycles. The average Bonchev–Trinajstić information content (AvgIpc) is 3.67. The molecule has 0 unspecified atom stereocenters. The van der Waals surface area contributed by atoms with Gasteiger partial charge in [0.15, 0.2) is 0 Å². The van der Waals surface area contributed by atoms with Crippen LogP contribution >= 0.6 is 0 Å². The topological polar surface area (TPSA) is 0 Å². The highest BCUT2D eigenvalue weighted by atomic mass is 14.4. The maximum absolute atomic E-state index is 9.95. The lowest BCUT2D eigenvalue weighted by Crippen LogP contribution is -2.15. The molecule has 0 saturated heterocycles. The van der Waals surface area contributed by atoms with Gasteiger partial charge in [0.1, 0.15) is 0 Å². The number of hydrogen-bond acceptors (Lipinski definition) is 0. The fourth-order valence-electron chi connectivity index (χ4n) is 8.64. The van der Waals surface area contributed by atoms with E-state index in [1.54, 1.807) is 18.2 Å². The zero-order chi connectivity index (χ0) is 48.7. The number of benzene rings is 11. The van der Waals surface area contributed by atoms with Crippen molar-refractivity contribution in [1.82, 2.24) is 0 Å². The van der Waals surface area contributed by atoms with Gasteiger partial charge in [-0.15, -0.1) is 0 Å². The van der Waals surface area contributed by atoms with Gasteiger partial charge in [-0.3, -0.25) is 0 Å². The Bertz CT molecular complexity index is 4060. The molecule has 0 radical (unpaired) electrons. The molecule has 11 aromatic carbocycles. The summed E-state index contributed by atoms with van der Waals surface area (Å²) in [5.74, 6) is 0. The first-order valence-corrected chi connectivity index (χ1v) is 17.5. The summed E-state index contributed by atoms with van der Waals surface area (Å²) in [5.41, 5.74) is -6.98. The Morgan fingerprint density at radius 2 is 0.792 bits per heavy atom. The van der Waals surface area contributed by atoms with Crippen molar-refractivity contribution in [1.29, 1.82) is 0 Å². The minimum atomic E-state index is -3.65. The van der Waals surface area contributed by atoms with E-state index in [9.17, 15) is 20.6 Å². The van der Waals surface area contributed by atoms with Gasteiger partial charge in [0.05, 0.1) is 13.7 Å². The lowest BCUT2D eigenvalue weighted by Gasteiger charge is -2.23. The molecule has 0 heteroatoms. The summed E-state index contributed by atoms with van der Waals surface area (Å²) in [6.07, 6.45) is 0. The molecular formula is C53H34. The van der Waals surface area contributed by atoms with Gasteiger partial charge in [-0.1, -0.05) is 165 Å². The van der Waals surface area contributed by atoms with E-state index in [0.717, 1.165) is 53.9 Å². The number of hydrogen-bond donors (Lipinski definition) is 0.